The quantitative estimate of drug-likeness (QED) is 0.651. The topological polar surface area (TPSA) is 66.5 Å². The number of aromatic nitrogens is 1. The Labute approximate surface area is 185 Å². The molecule has 2 heterocycles. The molecule has 1 spiro atoms. The van der Waals surface area contributed by atoms with Crippen molar-refractivity contribution in [2.24, 2.45) is 5.92 Å². The van der Waals surface area contributed by atoms with E-state index in [0.29, 0.717) is 11.8 Å². The van der Waals surface area contributed by atoms with E-state index >= 15 is 0 Å². The summed E-state index contributed by atoms with van der Waals surface area (Å²) in [4.78, 5) is 19.8. The van der Waals surface area contributed by atoms with Crippen LogP contribution >= 0.6 is 0 Å². The maximum Gasteiger partial charge on any atom is 0.241 e. The van der Waals surface area contributed by atoms with Gasteiger partial charge in [-0.05, 0) is 63.5 Å². The fraction of sp³-hybridized carbons (Fsp3) is 0.600. The lowest BCUT2D eigenvalue weighted by molar-refractivity contribution is -0.132. The third-order valence-corrected chi connectivity index (χ3v) is 6.91. The molecule has 1 saturated carbocycles. The zero-order chi connectivity index (χ0) is 22.0. The van der Waals surface area contributed by atoms with Crippen LogP contribution < -0.4 is 15.4 Å². The molecule has 0 bridgehead atoms. The zero-order valence-electron chi connectivity index (χ0n) is 19.3. The Morgan fingerprint density at radius 2 is 2.06 bits per heavy atom. The van der Waals surface area contributed by atoms with Gasteiger partial charge in [-0.2, -0.15) is 0 Å². The van der Waals surface area contributed by atoms with E-state index in [-0.39, 0.29) is 17.7 Å². The van der Waals surface area contributed by atoms with E-state index in [9.17, 15) is 4.79 Å². The number of nitrogens with zero attached hydrogens (tertiary/aromatic N) is 2. The first-order valence-electron chi connectivity index (χ1n) is 11.7. The van der Waals surface area contributed by atoms with Crippen LogP contribution in [0.4, 0.5) is 5.69 Å². The van der Waals surface area contributed by atoms with Gasteiger partial charge in [0.15, 0.2) is 0 Å². The molecule has 1 aliphatic carbocycles. The summed E-state index contributed by atoms with van der Waals surface area (Å²) in [5.74, 6) is 1.44. The molecule has 2 aromatic rings. The molecule has 2 atom stereocenters. The molecule has 0 radical (unpaired) electrons. The second kappa shape index (κ2) is 9.03. The highest BCUT2D eigenvalue weighted by Gasteiger charge is 2.51. The van der Waals surface area contributed by atoms with Gasteiger partial charge in [0.2, 0.25) is 5.91 Å². The predicted molar refractivity (Wildman–Crippen MR) is 125 cm³/mol. The van der Waals surface area contributed by atoms with Crippen LogP contribution in [0.25, 0.3) is 10.9 Å². The highest BCUT2D eigenvalue weighted by atomic mass is 16.5. The van der Waals surface area contributed by atoms with Crippen LogP contribution in [0.1, 0.15) is 59.3 Å². The van der Waals surface area contributed by atoms with Crippen molar-refractivity contribution in [2.45, 2.75) is 77.0 Å². The largest absolute Gasteiger partial charge is 0.497 e. The van der Waals surface area contributed by atoms with Gasteiger partial charge in [0.05, 0.1) is 30.0 Å². The standard InChI is InChI=1S/C25H36N4O2/c1-17(2)22-24(30)29(25(28-22)11-5-6-12-25)14-8-9-18(3)27-21-16-20(31-4)15-19-10-7-13-26-23(19)21/h7,10,13,15-18,22,27-28H,5-6,8-9,11-12,14H2,1-4H3/t18?,22-/m1/s1. The minimum Gasteiger partial charge on any atom is -0.497 e. The minimum atomic E-state index is -0.102. The Kier molecular flexibility index (Phi) is 6.37. The Morgan fingerprint density at radius 1 is 1.29 bits per heavy atom. The monoisotopic (exact) mass is 424 g/mol. The molecule has 1 aliphatic heterocycles. The van der Waals surface area contributed by atoms with Crippen LogP contribution in [0.2, 0.25) is 0 Å². The number of carbonyl (C=O) groups is 1. The van der Waals surface area contributed by atoms with Crippen molar-refractivity contribution in [3.8, 4) is 5.75 Å². The molecule has 31 heavy (non-hydrogen) atoms. The van der Waals surface area contributed by atoms with Crippen LogP contribution in [0.15, 0.2) is 30.5 Å². The van der Waals surface area contributed by atoms with Crippen molar-refractivity contribution in [3.05, 3.63) is 30.5 Å². The summed E-state index contributed by atoms with van der Waals surface area (Å²) in [5.41, 5.74) is 1.85. The van der Waals surface area contributed by atoms with E-state index in [1.807, 2.05) is 24.4 Å². The minimum absolute atomic E-state index is 0.0390. The average molecular weight is 425 g/mol. The molecule has 2 aliphatic rings. The van der Waals surface area contributed by atoms with Gasteiger partial charge in [0.25, 0.3) is 0 Å². The third-order valence-electron chi connectivity index (χ3n) is 6.91. The van der Waals surface area contributed by atoms with E-state index in [2.05, 4.69) is 47.4 Å². The molecular formula is C25H36N4O2. The lowest BCUT2D eigenvalue weighted by Gasteiger charge is -2.35. The molecule has 1 aromatic carbocycles. The van der Waals surface area contributed by atoms with Gasteiger partial charge in [0.1, 0.15) is 5.75 Å². The van der Waals surface area contributed by atoms with Crippen molar-refractivity contribution < 1.29 is 9.53 Å². The summed E-state index contributed by atoms with van der Waals surface area (Å²) >= 11 is 0. The molecule has 1 unspecified atom stereocenters. The van der Waals surface area contributed by atoms with Crippen molar-refractivity contribution in [1.82, 2.24) is 15.2 Å². The van der Waals surface area contributed by atoms with E-state index in [0.717, 1.165) is 54.6 Å². The maximum atomic E-state index is 13.1. The van der Waals surface area contributed by atoms with Gasteiger partial charge in [-0.1, -0.05) is 19.9 Å². The van der Waals surface area contributed by atoms with Crippen molar-refractivity contribution in [3.63, 3.8) is 0 Å². The van der Waals surface area contributed by atoms with E-state index < -0.39 is 0 Å². The first-order chi connectivity index (χ1) is 14.9. The van der Waals surface area contributed by atoms with Crippen molar-refractivity contribution in [1.29, 1.82) is 0 Å². The molecule has 4 rings (SSSR count). The lowest BCUT2D eigenvalue weighted by Crippen LogP contribution is -2.51. The lowest BCUT2D eigenvalue weighted by atomic mass is 10.0. The summed E-state index contributed by atoms with van der Waals surface area (Å²) in [6, 6.07) is 8.25. The van der Waals surface area contributed by atoms with Crippen molar-refractivity contribution in [2.75, 3.05) is 19.0 Å². The average Bonchev–Trinajstić information content (AvgIpc) is 3.34. The number of anilines is 1. The Balaban J connectivity index is 1.40. The molecule has 2 fully saturated rings. The first kappa shape index (κ1) is 21.9. The molecular weight excluding hydrogens is 388 g/mol. The number of methoxy groups -OCH3 is 1. The normalized spacial score (nSPS) is 21.4. The van der Waals surface area contributed by atoms with Crippen LogP contribution in [-0.4, -0.2) is 47.2 Å². The van der Waals surface area contributed by atoms with Crippen LogP contribution in [-0.2, 0) is 4.79 Å². The number of hydrogen-bond donors (Lipinski definition) is 2. The Hall–Kier alpha value is -2.34. The zero-order valence-corrected chi connectivity index (χ0v) is 19.3. The SMILES string of the molecule is COc1cc(NC(C)CCCN2C(=O)[C@@H](C(C)C)NC23CCCC3)c2ncccc2c1. The van der Waals surface area contributed by atoms with Gasteiger partial charge < -0.3 is 15.0 Å². The van der Waals surface area contributed by atoms with Gasteiger partial charge in [-0.3, -0.25) is 15.1 Å². The van der Waals surface area contributed by atoms with Crippen LogP contribution in [0.5, 0.6) is 5.75 Å². The van der Waals surface area contributed by atoms with Gasteiger partial charge >= 0.3 is 0 Å². The van der Waals surface area contributed by atoms with Crippen LogP contribution in [0.3, 0.4) is 0 Å². The number of ether oxygens (including phenoxy) is 1. The summed E-state index contributed by atoms with van der Waals surface area (Å²) in [5, 5.41) is 8.40. The summed E-state index contributed by atoms with van der Waals surface area (Å²) in [6.07, 6.45) is 8.35. The number of amides is 1. The number of benzene rings is 1. The molecule has 6 nitrogen and oxygen atoms in total. The summed E-state index contributed by atoms with van der Waals surface area (Å²) in [6.45, 7) is 7.29. The predicted octanol–water partition coefficient (Wildman–Crippen LogP) is 4.55. The number of hydrogen-bond acceptors (Lipinski definition) is 5. The smallest absolute Gasteiger partial charge is 0.241 e. The number of fused-ring (bicyclic) bond motifs is 1. The second-order valence-electron chi connectivity index (χ2n) is 9.53. The highest BCUT2D eigenvalue weighted by molar-refractivity contribution is 5.92. The molecule has 6 heteroatoms. The van der Waals surface area contributed by atoms with E-state index in [1.54, 1.807) is 7.11 Å². The molecule has 1 saturated heterocycles. The number of rotatable bonds is 8. The Morgan fingerprint density at radius 3 is 2.77 bits per heavy atom. The van der Waals surface area contributed by atoms with Gasteiger partial charge in [0, 0.05) is 30.2 Å². The van der Waals surface area contributed by atoms with E-state index in [1.165, 1.54) is 12.8 Å². The number of nitrogens with one attached hydrogen (secondary N) is 2. The number of pyridine rings is 1. The second-order valence-corrected chi connectivity index (χ2v) is 9.53. The molecule has 168 valence electrons. The van der Waals surface area contributed by atoms with Gasteiger partial charge in [-0.15, -0.1) is 0 Å². The summed E-state index contributed by atoms with van der Waals surface area (Å²) in [7, 11) is 1.69. The highest BCUT2D eigenvalue weighted by Crippen LogP contribution is 2.39. The summed E-state index contributed by atoms with van der Waals surface area (Å²) < 4.78 is 5.47. The maximum absolute atomic E-state index is 13.1. The Bertz CT molecular complexity index is 923. The first-order valence-corrected chi connectivity index (χ1v) is 11.7. The number of carbonyl (C=O) groups excluding carboxylic acids is 1. The molecule has 1 aromatic heterocycles. The third kappa shape index (κ3) is 4.36. The fourth-order valence-corrected chi connectivity index (χ4v) is 5.24. The fourth-order valence-electron chi connectivity index (χ4n) is 5.24. The molecule has 2 N–H and O–H groups in total. The van der Waals surface area contributed by atoms with E-state index in [4.69, 9.17) is 4.74 Å². The van der Waals surface area contributed by atoms with Crippen molar-refractivity contribution >= 4 is 22.5 Å². The van der Waals surface area contributed by atoms with Crippen LogP contribution in [0, 0.1) is 5.92 Å². The molecule has 1 amide bonds. The van der Waals surface area contributed by atoms with Gasteiger partial charge in [-0.25, -0.2) is 0 Å².